The van der Waals surface area contributed by atoms with Crippen molar-refractivity contribution in [3.8, 4) is 0 Å². The van der Waals surface area contributed by atoms with Gasteiger partial charge in [0.2, 0.25) is 0 Å². The topological polar surface area (TPSA) is 221 Å². The Kier molecular flexibility index (Phi) is 19.7. The van der Waals surface area contributed by atoms with E-state index in [1.807, 2.05) is 58.5 Å². The number of esters is 1. The molecule has 3 aliphatic heterocycles. The Balaban J connectivity index is 2.16. The van der Waals surface area contributed by atoms with Crippen molar-refractivity contribution < 1.29 is 63.5 Å². The smallest absolute Gasteiger partial charge is 0.314 e. The number of rotatable bonds is 12. The van der Waals surface area contributed by atoms with E-state index in [1.54, 1.807) is 41.5 Å². The molecule has 3 fully saturated rings. The van der Waals surface area contributed by atoms with Crippen LogP contribution in [-0.4, -0.2) is 185 Å². The predicted molar refractivity (Wildman–Crippen MR) is 229 cm³/mol. The number of carbonyl (C=O) groups excluding carboxylic acids is 2. The summed E-state index contributed by atoms with van der Waals surface area (Å²) in [6, 6.07) is -1.28. The van der Waals surface area contributed by atoms with Crippen molar-refractivity contribution in [3.63, 3.8) is 0 Å². The van der Waals surface area contributed by atoms with Crippen LogP contribution in [0.5, 0.6) is 0 Å². The first-order valence-electron chi connectivity index (χ1n) is 22.5. The van der Waals surface area contributed by atoms with E-state index in [4.69, 9.17) is 28.4 Å². The number of cyclic esters (lactones) is 1. The molecule has 0 aromatic rings. The number of aliphatic hydroxyl groups is 5. The summed E-state index contributed by atoms with van der Waals surface area (Å²) >= 11 is 0. The van der Waals surface area contributed by atoms with Gasteiger partial charge in [-0.3, -0.25) is 9.69 Å². The molecule has 0 bridgehead atoms. The van der Waals surface area contributed by atoms with Gasteiger partial charge in [0.25, 0.3) is 0 Å². The molecule has 3 heterocycles. The van der Waals surface area contributed by atoms with Gasteiger partial charge in [0.05, 0.1) is 41.5 Å². The lowest BCUT2D eigenvalue weighted by molar-refractivity contribution is -0.318. The van der Waals surface area contributed by atoms with Gasteiger partial charge in [-0.25, -0.2) is 4.79 Å². The average molecular weight is 877 g/mol. The minimum Gasteiger partial charge on any atom is -0.459 e. The van der Waals surface area contributed by atoms with Crippen LogP contribution >= 0.6 is 0 Å². The highest BCUT2D eigenvalue weighted by Crippen LogP contribution is 2.40. The maximum absolute atomic E-state index is 14.5. The van der Waals surface area contributed by atoms with Gasteiger partial charge in [-0.1, -0.05) is 20.8 Å². The van der Waals surface area contributed by atoms with Crippen LogP contribution in [0.15, 0.2) is 0 Å². The molecule has 7 N–H and O–H groups in total. The fourth-order valence-corrected chi connectivity index (χ4v) is 9.70. The quantitative estimate of drug-likeness (QED) is 0.111. The van der Waals surface area contributed by atoms with E-state index in [2.05, 4.69) is 10.6 Å². The molecular weight excluding hydrogens is 792 g/mol. The number of hydrogen-bond acceptors (Lipinski definition) is 15. The van der Waals surface area contributed by atoms with Crippen molar-refractivity contribution in [2.75, 3.05) is 40.8 Å². The molecular formula is C44H84N4O13. The van der Waals surface area contributed by atoms with Crippen molar-refractivity contribution in [1.29, 1.82) is 0 Å². The molecule has 17 nitrogen and oxygen atoms in total. The second-order valence-electron chi connectivity index (χ2n) is 19.6. The lowest BCUT2D eigenvalue weighted by Crippen LogP contribution is -2.60. The Bertz CT molecular complexity index is 1370. The number of methoxy groups -OCH3 is 1. The fraction of sp³-hybridized carbons (Fsp3) is 0.955. The summed E-state index contributed by atoms with van der Waals surface area (Å²) < 4.78 is 37.9. The van der Waals surface area contributed by atoms with Gasteiger partial charge in [-0.15, -0.1) is 0 Å². The predicted octanol–water partition coefficient (Wildman–Crippen LogP) is 2.37. The molecule has 3 rings (SSSR count). The second-order valence-corrected chi connectivity index (χ2v) is 19.6. The average Bonchev–Trinajstić information content (AvgIpc) is 3.16. The number of nitrogens with one attached hydrogen (secondary N) is 2. The molecule has 3 saturated heterocycles. The van der Waals surface area contributed by atoms with Gasteiger partial charge in [-0.05, 0) is 108 Å². The highest BCUT2D eigenvalue weighted by Gasteiger charge is 2.53. The minimum absolute atomic E-state index is 0.0323. The Morgan fingerprint density at radius 2 is 1.62 bits per heavy atom. The monoisotopic (exact) mass is 877 g/mol. The third kappa shape index (κ3) is 13.6. The van der Waals surface area contributed by atoms with E-state index in [9.17, 15) is 35.1 Å². The van der Waals surface area contributed by atoms with Crippen LogP contribution in [0.4, 0.5) is 4.79 Å². The molecule has 0 spiro atoms. The Hall–Kier alpha value is -1.74. The van der Waals surface area contributed by atoms with E-state index in [0.717, 1.165) is 0 Å². The Labute approximate surface area is 365 Å². The zero-order chi connectivity index (χ0) is 46.4. The van der Waals surface area contributed by atoms with Crippen LogP contribution in [0.2, 0.25) is 0 Å². The van der Waals surface area contributed by atoms with E-state index >= 15 is 0 Å². The zero-order valence-electron chi connectivity index (χ0n) is 39.8. The van der Waals surface area contributed by atoms with Crippen molar-refractivity contribution in [1.82, 2.24) is 20.4 Å². The lowest BCUT2D eigenvalue weighted by atomic mass is 9.77. The molecule has 61 heavy (non-hydrogen) atoms. The minimum atomic E-state index is -1.90. The Morgan fingerprint density at radius 3 is 2.20 bits per heavy atom. The molecule has 0 radical (unpaired) electrons. The molecule has 358 valence electrons. The number of ether oxygens (including phenoxy) is 6. The van der Waals surface area contributed by atoms with Crippen molar-refractivity contribution in [3.05, 3.63) is 0 Å². The van der Waals surface area contributed by atoms with E-state index < -0.39 is 96.0 Å². The molecule has 0 aliphatic carbocycles. The summed E-state index contributed by atoms with van der Waals surface area (Å²) in [4.78, 5) is 30.7. The van der Waals surface area contributed by atoms with E-state index in [-0.39, 0.29) is 49.4 Å². The normalized spacial score (nSPS) is 44.0. The second kappa shape index (κ2) is 22.4. The van der Waals surface area contributed by atoms with Crippen molar-refractivity contribution in [2.45, 2.75) is 212 Å². The first kappa shape index (κ1) is 53.6. The van der Waals surface area contributed by atoms with E-state index in [0.29, 0.717) is 32.5 Å². The Morgan fingerprint density at radius 1 is 0.984 bits per heavy atom. The summed E-state index contributed by atoms with van der Waals surface area (Å²) in [7, 11) is 5.25. The summed E-state index contributed by atoms with van der Waals surface area (Å²) in [5.41, 5.74) is -4.59. The number of urea groups is 1. The maximum Gasteiger partial charge on any atom is 0.314 e. The van der Waals surface area contributed by atoms with Crippen LogP contribution in [0.25, 0.3) is 0 Å². The highest BCUT2D eigenvalue weighted by atomic mass is 16.7. The summed E-state index contributed by atoms with van der Waals surface area (Å²) in [5, 5.41) is 65.2. The molecule has 18 atom stereocenters. The summed E-state index contributed by atoms with van der Waals surface area (Å²) in [6.07, 6.45) is -8.35. The number of hydrogen-bond donors (Lipinski definition) is 7. The van der Waals surface area contributed by atoms with Gasteiger partial charge in [0, 0.05) is 57.2 Å². The van der Waals surface area contributed by atoms with Crippen LogP contribution < -0.4 is 10.6 Å². The van der Waals surface area contributed by atoms with Crippen LogP contribution in [-0.2, 0) is 33.2 Å². The number of amides is 2. The van der Waals surface area contributed by atoms with Crippen LogP contribution in [0.3, 0.4) is 0 Å². The summed E-state index contributed by atoms with van der Waals surface area (Å²) in [5.74, 6) is -2.82. The van der Waals surface area contributed by atoms with Crippen molar-refractivity contribution >= 4 is 12.0 Å². The standard InChI is InChI=1S/C44H84N4O13/c1-16-32-44(12,55)36(50)29(8)48(19-17-18-45-41(53)46-24(2)3)23-25(4)21-42(10,54)38(61-40-34(49)31(47(13)14)20-26(5)57-40)27(6)35(28(7)39(52)59-32)60-33-22-43(11,56-15)37(51)30(9)58-33/h24-38,40,49-51,54-55H,16-23H2,1-15H3,(H2,45,46,53)/t25-,26-,27+,28-,29-,30+,31+,32-,33+,34-,35+,36-,37+,38-,40+,42-,43-,44-/m1/s1. The fourth-order valence-electron chi connectivity index (χ4n) is 9.70. The van der Waals surface area contributed by atoms with Gasteiger partial charge < -0.3 is 69.5 Å². The molecule has 0 unspecified atom stereocenters. The largest absolute Gasteiger partial charge is 0.459 e. The third-order valence-corrected chi connectivity index (χ3v) is 13.4. The van der Waals surface area contributed by atoms with Gasteiger partial charge in [0.1, 0.15) is 30.0 Å². The molecule has 17 heteroatoms. The summed E-state index contributed by atoms with van der Waals surface area (Å²) in [6.45, 7) is 22.4. The first-order chi connectivity index (χ1) is 28.2. The first-order valence-corrected chi connectivity index (χ1v) is 22.5. The molecule has 0 aromatic carbocycles. The number of carbonyl (C=O) groups is 2. The van der Waals surface area contributed by atoms with Gasteiger partial charge >= 0.3 is 12.0 Å². The van der Waals surface area contributed by atoms with Crippen LogP contribution in [0.1, 0.15) is 115 Å². The zero-order valence-corrected chi connectivity index (χ0v) is 39.8. The lowest BCUT2D eigenvalue weighted by Gasteiger charge is -2.48. The third-order valence-electron chi connectivity index (χ3n) is 13.4. The number of likely N-dealkylation sites (N-methyl/N-ethyl adjacent to an activating group) is 1. The number of aliphatic hydroxyl groups excluding tert-OH is 3. The van der Waals surface area contributed by atoms with E-state index in [1.165, 1.54) is 14.0 Å². The molecule has 0 saturated carbocycles. The number of nitrogens with zero attached hydrogens (tertiary/aromatic N) is 2. The molecule has 2 amide bonds. The molecule has 3 aliphatic rings. The maximum atomic E-state index is 14.5. The molecule has 0 aromatic heterocycles. The van der Waals surface area contributed by atoms with Crippen LogP contribution in [0, 0.1) is 17.8 Å². The van der Waals surface area contributed by atoms with Gasteiger partial charge in [0.15, 0.2) is 12.6 Å². The van der Waals surface area contributed by atoms with Gasteiger partial charge in [-0.2, -0.15) is 0 Å². The SMILES string of the molecule is CC[C@H]1OC(=O)[C@H](C)[C@@H](O[C@H]2C[C@@](C)(OC)[C@@H](O)[C@H](C)O2)[C@H](C)[C@@H](O[C@@H]2O[C@H](C)C[C@H](N(C)C)[C@H]2O)[C@](C)(O)C[C@@H](C)CN(CCCNC(=O)NC(C)C)[C@H](C)[C@@H](O)[C@]1(C)O. The van der Waals surface area contributed by atoms with Crippen molar-refractivity contribution in [2.24, 2.45) is 17.8 Å². The highest BCUT2D eigenvalue weighted by molar-refractivity contribution is 5.74.